The molecule has 3 N–H and O–H groups in total. The average molecular weight is 458 g/mol. The number of benzene rings is 2. The minimum absolute atomic E-state index is 0.0222. The van der Waals surface area contributed by atoms with Gasteiger partial charge in [0.15, 0.2) is 5.54 Å². The van der Waals surface area contributed by atoms with Crippen molar-refractivity contribution in [3.8, 4) is 16.9 Å². The molecule has 1 unspecified atom stereocenters. The number of nitrogens with zero attached hydrogens (tertiary/aromatic N) is 2. The predicted molar refractivity (Wildman–Crippen MR) is 120 cm³/mol. The van der Waals surface area contributed by atoms with E-state index in [1.165, 1.54) is 0 Å². The zero-order valence-corrected chi connectivity index (χ0v) is 17.7. The van der Waals surface area contributed by atoms with Crippen molar-refractivity contribution >= 4 is 24.1 Å². The molecule has 166 valence electrons. The number of ether oxygens (including phenoxy) is 2. The highest BCUT2D eigenvalue weighted by atomic mass is 35.5. The Hall–Kier alpha value is -3.65. The minimum atomic E-state index is -0.787. The number of pyridine rings is 1. The van der Waals surface area contributed by atoms with Crippen LogP contribution in [0.3, 0.4) is 0 Å². The van der Waals surface area contributed by atoms with Crippen molar-refractivity contribution in [3.63, 3.8) is 0 Å². The van der Waals surface area contributed by atoms with E-state index < -0.39 is 12.2 Å². The second-order valence-corrected chi connectivity index (χ2v) is 7.18. The summed E-state index contributed by atoms with van der Waals surface area (Å²) in [5, 5.41) is 7.46. The number of aliphatic imine (C=N–C) groups is 1. The number of hydrogen-bond acceptors (Lipinski definition) is 6. The predicted octanol–water partition coefficient (Wildman–Crippen LogP) is 4.04. The third kappa shape index (κ3) is 5.15. The van der Waals surface area contributed by atoms with Gasteiger partial charge in [0.05, 0.1) is 5.02 Å². The van der Waals surface area contributed by atoms with E-state index in [1.54, 1.807) is 24.5 Å². The van der Waals surface area contributed by atoms with Crippen LogP contribution in [0.2, 0.25) is 5.02 Å². The Labute approximate surface area is 189 Å². The number of aromatic nitrogens is 1. The topological polar surface area (TPSA) is 107 Å². The number of rotatable bonds is 6. The van der Waals surface area contributed by atoms with Gasteiger partial charge in [-0.15, -0.1) is 0 Å². The van der Waals surface area contributed by atoms with Crippen LogP contribution < -0.4 is 10.5 Å². The van der Waals surface area contributed by atoms with Crippen molar-refractivity contribution in [2.75, 3.05) is 19.9 Å². The molecular weight excluding hydrogens is 437 g/mol. The van der Waals surface area contributed by atoms with Gasteiger partial charge in [0, 0.05) is 18.0 Å². The molecule has 2 heterocycles. The number of alkyl halides is 1. The lowest BCUT2D eigenvalue weighted by molar-refractivity contribution is -0.122. The Kier molecular flexibility index (Phi) is 7.62. The first kappa shape index (κ1) is 23.0. The van der Waals surface area contributed by atoms with Crippen LogP contribution in [0, 0.1) is 0 Å². The Bertz CT molecular complexity index is 1090. The molecule has 0 radical (unpaired) electrons. The molecule has 0 fully saturated rings. The van der Waals surface area contributed by atoms with E-state index in [-0.39, 0.29) is 25.7 Å². The van der Waals surface area contributed by atoms with E-state index in [0.717, 1.165) is 22.3 Å². The zero-order valence-electron chi connectivity index (χ0n) is 16.9. The van der Waals surface area contributed by atoms with Crippen LogP contribution in [-0.4, -0.2) is 42.5 Å². The zero-order chi connectivity index (χ0) is 23.0. The molecule has 0 amide bonds. The van der Waals surface area contributed by atoms with Crippen molar-refractivity contribution in [2.45, 2.75) is 5.54 Å². The molecule has 0 saturated heterocycles. The van der Waals surface area contributed by atoms with Crippen molar-refractivity contribution in [2.24, 2.45) is 10.7 Å². The quantitative estimate of drug-likeness (QED) is 0.541. The normalized spacial score (nSPS) is 16.9. The van der Waals surface area contributed by atoms with E-state index in [1.807, 2.05) is 42.5 Å². The van der Waals surface area contributed by atoms with E-state index >= 15 is 0 Å². The van der Waals surface area contributed by atoms with Gasteiger partial charge in [0.25, 0.3) is 12.5 Å². The molecule has 1 aliphatic heterocycles. The molecule has 32 heavy (non-hydrogen) atoms. The number of amidine groups is 1. The van der Waals surface area contributed by atoms with Gasteiger partial charge in [-0.25, -0.2) is 9.38 Å². The second-order valence-electron chi connectivity index (χ2n) is 6.74. The summed E-state index contributed by atoms with van der Waals surface area (Å²) in [5.74, 6) is 0.594. The number of nitrogens with two attached hydrogens (primary N) is 1. The Morgan fingerprint density at radius 2 is 1.91 bits per heavy atom. The van der Waals surface area contributed by atoms with Crippen LogP contribution in [0.25, 0.3) is 11.1 Å². The van der Waals surface area contributed by atoms with Crippen molar-refractivity contribution in [1.29, 1.82) is 0 Å². The van der Waals surface area contributed by atoms with Crippen LogP contribution in [0.4, 0.5) is 4.39 Å². The fourth-order valence-corrected chi connectivity index (χ4v) is 3.58. The van der Waals surface area contributed by atoms with Crippen molar-refractivity contribution < 1.29 is 23.8 Å². The first-order chi connectivity index (χ1) is 15.5. The lowest BCUT2D eigenvalue weighted by Gasteiger charge is -2.26. The van der Waals surface area contributed by atoms with Crippen molar-refractivity contribution in [1.82, 2.24) is 4.98 Å². The van der Waals surface area contributed by atoms with Crippen LogP contribution in [0.1, 0.15) is 11.1 Å². The SMILES string of the molecule is NC1=NC(c2ccc(OCCF)cc2)(c2cccc(-c3cncc(Cl)c3)c2)CO1.O=CO. The summed E-state index contributed by atoms with van der Waals surface area (Å²) in [6.45, 7) is -0.485. The van der Waals surface area contributed by atoms with Crippen LogP contribution in [-0.2, 0) is 15.1 Å². The van der Waals surface area contributed by atoms with Gasteiger partial charge in [-0.2, -0.15) is 0 Å². The second kappa shape index (κ2) is 10.6. The van der Waals surface area contributed by atoms with Gasteiger partial charge in [-0.05, 0) is 41.0 Å². The molecule has 9 heteroatoms. The molecule has 4 rings (SSSR count). The van der Waals surface area contributed by atoms with E-state index in [9.17, 15) is 4.39 Å². The minimum Gasteiger partial charge on any atom is -0.491 e. The summed E-state index contributed by atoms with van der Waals surface area (Å²) in [5.41, 5.74) is 8.78. The fraction of sp³-hybridized carbons (Fsp3) is 0.174. The number of carbonyl (C=O) groups is 1. The molecule has 0 saturated carbocycles. The molecular formula is C23H21ClFN3O4. The lowest BCUT2D eigenvalue weighted by atomic mass is 9.83. The van der Waals surface area contributed by atoms with E-state index in [4.69, 9.17) is 36.7 Å². The Morgan fingerprint density at radius 3 is 2.53 bits per heavy atom. The van der Waals surface area contributed by atoms with E-state index in [0.29, 0.717) is 10.8 Å². The highest BCUT2D eigenvalue weighted by Crippen LogP contribution is 2.39. The van der Waals surface area contributed by atoms with Gasteiger partial charge in [0.1, 0.15) is 25.6 Å². The van der Waals surface area contributed by atoms with Crippen LogP contribution in [0.15, 0.2) is 72.0 Å². The molecule has 0 spiro atoms. The highest BCUT2D eigenvalue weighted by Gasteiger charge is 2.40. The maximum atomic E-state index is 12.3. The molecule has 1 atom stereocenters. The third-order valence-electron chi connectivity index (χ3n) is 4.79. The molecule has 0 bridgehead atoms. The largest absolute Gasteiger partial charge is 0.491 e. The molecule has 1 aliphatic rings. The molecule has 2 aromatic carbocycles. The smallest absolute Gasteiger partial charge is 0.290 e. The monoisotopic (exact) mass is 457 g/mol. The first-order valence-electron chi connectivity index (χ1n) is 9.59. The van der Waals surface area contributed by atoms with Gasteiger partial charge in [0.2, 0.25) is 0 Å². The fourth-order valence-electron chi connectivity index (χ4n) is 3.40. The summed E-state index contributed by atoms with van der Waals surface area (Å²) < 4.78 is 23.2. The van der Waals surface area contributed by atoms with Gasteiger partial charge in [-0.1, -0.05) is 41.9 Å². The third-order valence-corrected chi connectivity index (χ3v) is 4.99. The van der Waals surface area contributed by atoms with Gasteiger partial charge < -0.3 is 20.3 Å². The summed E-state index contributed by atoms with van der Waals surface area (Å²) in [4.78, 5) is 17.2. The number of halogens is 2. The highest BCUT2D eigenvalue weighted by molar-refractivity contribution is 6.30. The first-order valence-corrected chi connectivity index (χ1v) is 9.97. The molecule has 1 aromatic heterocycles. The number of hydrogen-bond donors (Lipinski definition) is 2. The molecule has 7 nitrogen and oxygen atoms in total. The maximum absolute atomic E-state index is 12.3. The lowest BCUT2D eigenvalue weighted by Crippen LogP contribution is -2.27. The van der Waals surface area contributed by atoms with E-state index in [2.05, 4.69) is 9.98 Å². The Balaban J connectivity index is 0.000000913. The summed E-state index contributed by atoms with van der Waals surface area (Å²) in [6, 6.07) is 17.3. The summed E-state index contributed by atoms with van der Waals surface area (Å²) in [7, 11) is 0. The summed E-state index contributed by atoms with van der Waals surface area (Å²) >= 11 is 6.10. The van der Waals surface area contributed by atoms with Crippen LogP contribution >= 0.6 is 11.6 Å². The average Bonchev–Trinajstić information content (AvgIpc) is 3.21. The number of carboxylic acid groups (broad SMARTS) is 1. The summed E-state index contributed by atoms with van der Waals surface area (Å²) in [6.07, 6.45) is 3.36. The standard InChI is InChI=1S/C22H19ClFN3O2.CH2O2/c23-19-11-16(12-26-13-19)15-2-1-3-18(10-15)22(14-29-21(25)27-22)17-4-6-20(7-5-17)28-9-8-24;2-1-3/h1-7,10-13H,8-9,14H2,(H2,25,27);1H,(H,2,3). The van der Waals surface area contributed by atoms with Gasteiger partial charge >= 0.3 is 0 Å². The van der Waals surface area contributed by atoms with Crippen LogP contribution in [0.5, 0.6) is 5.75 Å². The maximum Gasteiger partial charge on any atom is 0.290 e. The Morgan fingerprint density at radius 1 is 1.16 bits per heavy atom. The van der Waals surface area contributed by atoms with Crippen molar-refractivity contribution in [3.05, 3.63) is 83.1 Å². The molecule has 0 aliphatic carbocycles. The van der Waals surface area contributed by atoms with Gasteiger partial charge in [-0.3, -0.25) is 9.78 Å². The molecule has 3 aromatic rings.